The number of rotatable bonds is 3. The van der Waals surface area contributed by atoms with Gasteiger partial charge in [-0.15, -0.1) is 11.6 Å². The summed E-state index contributed by atoms with van der Waals surface area (Å²) >= 11 is 9.48. The van der Waals surface area contributed by atoms with Gasteiger partial charge in [-0.3, -0.25) is 0 Å². The Kier molecular flexibility index (Phi) is 4.32. The maximum Gasteiger partial charge on any atom is 0.119 e. The lowest BCUT2D eigenvalue weighted by atomic mass is 9.84. The molecule has 0 amide bonds. The highest BCUT2D eigenvalue weighted by atomic mass is 127. The van der Waals surface area contributed by atoms with E-state index in [-0.39, 0.29) is 0 Å². The highest BCUT2D eigenvalue weighted by Gasteiger charge is 2.33. The second kappa shape index (κ2) is 6.20. The molecule has 0 saturated carbocycles. The predicted octanol–water partition coefficient (Wildman–Crippen LogP) is 5.82. The quantitative estimate of drug-likeness (QED) is 0.293. The number of hydrogen-bond acceptors (Lipinski definition) is 0. The van der Waals surface area contributed by atoms with Crippen LogP contribution in [0, 0.1) is 3.57 Å². The SMILES string of the molecule is ClC(c1ccccc1)(c1ccccc1)c1ccc(I)cc1. The third-order valence-electron chi connectivity index (χ3n) is 3.59. The summed E-state index contributed by atoms with van der Waals surface area (Å²) < 4.78 is 1.21. The minimum Gasteiger partial charge on any atom is -0.104 e. The highest BCUT2D eigenvalue weighted by molar-refractivity contribution is 14.1. The topological polar surface area (TPSA) is 0 Å². The number of hydrogen-bond donors (Lipinski definition) is 0. The Bertz CT molecular complexity index is 666. The average molecular weight is 405 g/mol. The van der Waals surface area contributed by atoms with E-state index in [1.807, 2.05) is 36.4 Å². The van der Waals surface area contributed by atoms with Crippen LogP contribution in [0.3, 0.4) is 0 Å². The van der Waals surface area contributed by atoms with Crippen LogP contribution in [0.5, 0.6) is 0 Å². The fourth-order valence-electron chi connectivity index (χ4n) is 2.52. The zero-order valence-electron chi connectivity index (χ0n) is 11.3. The van der Waals surface area contributed by atoms with Gasteiger partial charge in [0.1, 0.15) is 4.87 Å². The third-order valence-corrected chi connectivity index (χ3v) is 4.96. The van der Waals surface area contributed by atoms with Gasteiger partial charge in [0.25, 0.3) is 0 Å². The maximum atomic E-state index is 7.17. The molecule has 3 aromatic rings. The lowest BCUT2D eigenvalue weighted by Gasteiger charge is -2.29. The summed E-state index contributed by atoms with van der Waals surface area (Å²) in [6.45, 7) is 0. The molecule has 0 spiro atoms. The van der Waals surface area contributed by atoms with Gasteiger partial charge in [0.2, 0.25) is 0 Å². The lowest BCUT2D eigenvalue weighted by Crippen LogP contribution is -2.22. The molecule has 21 heavy (non-hydrogen) atoms. The fraction of sp³-hybridized carbons (Fsp3) is 0.0526. The van der Waals surface area contributed by atoms with Crippen molar-refractivity contribution in [2.75, 3.05) is 0 Å². The second-order valence-corrected chi connectivity index (χ2v) is 6.71. The van der Waals surface area contributed by atoms with Gasteiger partial charge < -0.3 is 0 Å². The van der Waals surface area contributed by atoms with Crippen LogP contribution < -0.4 is 0 Å². The molecule has 0 aliphatic rings. The zero-order chi connectivity index (χ0) is 14.7. The molecular formula is C19H14ClI. The Balaban J connectivity index is 2.23. The summed E-state index contributed by atoms with van der Waals surface area (Å²) in [5, 5.41) is 0. The van der Waals surface area contributed by atoms with Gasteiger partial charge in [0, 0.05) is 3.57 Å². The van der Waals surface area contributed by atoms with Gasteiger partial charge in [0.15, 0.2) is 0 Å². The summed E-state index contributed by atoms with van der Waals surface area (Å²) in [6, 6.07) is 28.9. The van der Waals surface area contributed by atoms with Crippen LogP contribution in [-0.2, 0) is 4.87 Å². The third kappa shape index (κ3) is 2.85. The minimum atomic E-state index is -0.660. The standard InChI is InChI=1S/C19H14ClI/c20-19(15-7-3-1-4-8-15,16-9-5-2-6-10-16)17-11-13-18(21)14-12-17/h1-14H. The molecule has 3 rings (SSSR count). The molecule has 0 radical (unpaired) electrons. The van der Waals surface area contributed by atoms with E-state index in [2.05, 4.69) is 71.1 Å². The minimum absolute atomic E-state index is 0.660. The van der Waals surface area contributed by atoms with E-state index in [0.717, 1.165) is 16.7 Å². The van der Waals surface area contributed by atoms with Gasteiger partial charge in [-0.2, -0.15) is 0 Å². The first-order valence-electron chi connectivity index (χ1n) is 6.77. The van der Waals surface area contributed by atoms with Crippen LogP contribution >= 0.6 is 34.2 Å². The van der Waals surface area contributed by atoms with E-state index < -0.39 is 4.87 Å². The Morgan fingerprint density at radius 3 is 1.38 bits per heavy atom. The normalized spacial score (nSPS) is 11.3. The van der Waals surface area contributed by atoms with E-state index >= 15 is 0 Å². The van der Waals surface area contributed by atoms with E-state index in [1.165, 1.54) is 3.57 Å². The number of halogens is 2. The van der Waals surface area contributed by atoms with Crippen molar-refractivity contribution in [3.8, 4) is 0 Å². The molecule has 104 valence electrons. The van der Waals surface area contributed by atoms with Crippen molar-refractivity contribution >= 4 is 34.2 Å². The Morgan fingerprint density at radius 1 is 0.571 bits per heavy atom. The van der Waals surface area contributed by atoms with E-state index in [1.54, 1.807) is 0 Å². The Hall–Kier alpha value is -1.32. The van der Waals surface area contributed by atoms with Crippen LogP contribution in [-0.4, -0.2) is 0 Å². The predicted molar refractivity (Wildman–Crippen MR) is 97.8 cm³/mol. The van der Waals surface area contributed by atoms with Crippen molar-refractivity contribution in [3.63, 3.8) is 0 Å². The van der Waals surface area contributed by atoms with Gasteiger partial charge in [0.05, 0.1) is 0 Å². The van der Waals surface area contributed by atoms with Gasteiger partial charge >= 0.3 is 0 Å². The average Bonchev–Trinajstić information content (AvgIpc) is 2.56. The molecule has 0 aliphatic heterocycles. The summed E-state index contributed by atoms with van der Waals surface area (Å²) in [7, 11) is 0. The molecule has 0 saturated heterocycles. The van der Waals surface area contributed by atoms with Crippen molar-refractivity contribution < 1.29 is 0 Å². The molecule has 0 atom stereocenters. The summed E-state index contributed by atoms with van der Waals surface area (Å²) in [4.78, 5) is -0.660. The Labute approximate surface area is 143 Å². The number of alkyl halides is 1. The van der Waals surface area contributed by atoms with Crippen LogP contribution in [0.25, 0.3) is 0 Å². The molecule has 3 aromatic carbocycles. The van der Waals surface area contributed by atoms with Crippen LogP contribution in [0.1, 0.15) is 16.7 Å². The molecule has 0 bridgehead atoms. The number of benzene rings is 3. The molecule has 0 N–H and O–H groups in total. The maximum absolute atomic E-state index is 7.17. The van der Waals surface area contributed by atoms with Gasteiger partial charge in [-0.05, 0) is 51.4 Å². The molecule has 0 heterocycles. The molecule has 0 fully saturated rings. The first-order chi connectivity index (χ1) is 10.2. The van der Waals surface area contributed by atoms with E-state index in [0.29, 0.717) is 0 Å². The van der Waals surface area contributed by atoms with Gasteiger partial charge in [-0.25, -0.2) is 0 Å². The van der Waals surface area contributed by atoms with Crippen molar-refractivity contribution in [2.24, 2.45) is 0 Å². The van der Waals surface area contributed by atoms with Gasteiger partial charge in [-0.1, -0.05) is 72.8 Å². The highest BCUT2D eigenvalue weighted by Crippen LogP contribution is 2.42. The monoisotopic (exact) mass is 404 g/mol. The van der Waals surface area contributed by atoms with Crippen molar-refractivity contribution in [1.82, 2.24) is 0 Å². The summed E-state index contributed by atoms with van der Waals surface area (Å²) in [5.74, 6) is 0. The molecule has 0 unspecified atom stereocenters. The first-order valence-corrected chi connectivity index (χ1v) is 8.23. The molecule has 2 heteroatoms. The molecular weight excluding hydrogens is 391 g/mol. The van der Waals surface area contributed by atoms with Crippen LogP contribution in [0.4, 0.5) is 0 Å². The second-order valence-electron chi connectivity index (χ2n) is 4.90. The van der Waals surface area contributed by atoms with Crippen molar-refractivity contribution in [3.05, 3.63) is 105 Å². The molecule has 0 aliphatic carbocycles. The summed E-state index contributed by atoms with van der Waals surface area (Å²) in [6.07, 6.45) is 0. The smallest absolute Gasteiger partial charge is 0.104 e. The Morgan fingerprint density at radius 2 is 0.952 bits per heavy atom. The van der Waals surface area contributed by atoms with Crippen molar-refractivity contribution in [1.29, 1.82) is 0 Å². The fourth-order valence-corrected chi connectivity index (χ4v) is 3.25. The molecule has 0 aromatic heterocycles. The first kappa shape index (κ1) is 14.6. The van der Waals surface area contributed by atoms with E-state index in [9.17, 15) is 0 Å². The molecule has 0 nitrogen and oxygen atoms in total. The summed E-state index contributed by atoms with van der Waals surface area (Å²) in [5.41, 5.74) is 3.25. The lowest BCUT2D eigenvalue weighted by molar-refractivity contribution is 0.879. The zero-order valence-corrected chi connectivity index (χ0v) is 14.3. The van der Waals surface area contributed by atoms with Crippen LogP contribution in [0.2, 0.25) is 0 Å². The largest absolute Gasteiger partial charge is 0.119 e. The van der Waals surface area contributed by atoms with Crippen molar-refractivity contribution in [2.45, 2.75) is 4.87 Å². The van der Waals surface area contributed by atoms with Crippen LogP contribution in [0.15, 0.2) is 84.9 Å². The van der Waals surface area contributed by atoms with E-state index in [4.69, 9.17) is 11.6 Å².